The highest BCUT2D eigenvalue weighted by atomic mass is 15.1. The van der Waals surface area contributed by atoms with Crippen molar-refractivity contribution in [1.29, 1.82) is 0 Å². The van der Waals surface area contributed by atoms with Gasteiger partial charge in [-0.3, -0.25) is 0 Å². The molecule has 1 rings (SSSR count). The Labute approximate surface area is 202 Å². The van der Waals surface area contributed by atoms with Gasteiger partial charge in [-0.2, -0.15) is 0 Å². The van der Waals surface area contributed by atoms with Crippen LogP contribution in [0.15, 0.2) is 12.4 Å². The zero-order chi connectivity index (χ0) is 23.1. The molecule has 2 nitrogen and oxygen atoms in total. The van der Waals surface area contributed by atoms with Gasteiger partial charge in [0.2, 0.25) is 0 Å². The third-order valence-corrected chi connectivity index (χ3v) is 7.33. The minimum atomic E-state index is 0.730. The molecule has 0 aliphatic carbocycles. The molecule has 1 heterocycles. The Balaban J connectivity index is 2.01. The molecule has 0 amide bonds. The summed E-state index contributed by atoms with van der Waals surface area (Å²) < 4.78 is 2.43. The molecule has 0 saturated carbocycles. The molecule has 0 aliphatic heterocycles. The molecule has 0 bridgehead atoms. The summed E-state index contributed by atoms with van der Waals surface area (Å²) in [6, 6.07) is 0. The molecule has 0 aromatic carbocycles. The van der Waals surface area contributed by atoms with Crippen molar-refractivity contribution in [3.8, 4) is 0 Å². The van der Waals surface area contributed by atoms with Crippen LogP contribution in [0.25, 0.3) is 0 Å². The van der Waals surface area contributed by atoms with Crippen molar-refractivity contribution in [1.82, 2.24) is 4.98 Å². The first-order valence-electron chi connectivity index (χ1n) is 14.9. The number of aryl methyl sites for hydroxylation is 1. The van der Waals surface area contributed by atoms with Crippen molar-refractivity contribution in [2.75, 3.05) is 0 Å². The van der Waals surface area contributed by atoms with Gasteiger partial charge in [0.25, 0.3) is 5.82 Å². The number of rotatable bonds is 24. The highest BCUT2D eigenvalue weighted by molar-refractivity contribution is 4.90. The predicted octanol–water partition coefficient (Wildman–Crippen LogP) is 10.0. The maximum absolute atomic E-state index is 3.57. The largest absolute Gasteiger partial charge is 0.257 e. The Morgan fingerprint density at radius 1 is 0.562 bits per heavy atom. The Morgan fingerprint density at radius 2 is 0.938 bits per heavy atom. The summed E-state index contributed by atoms with van der Waals surface area (Å²) in [7, 11) is 0. The van der Waals surface area contributed by atoms with Gasteiger partial charge in [-0.15, -0.1) is 0 Å². The van der Waals surface area contributed by atoms with Gasteiger partial charge in [-0.1, -0.05) is 142 Å². The van der Waals surface area contributed by atoms with Gasteiger partial charge in [0.1, 0.15) is 12.4 Å². The molecular weight excluding hydrogens is 388 g/mol. The number of nitrogens with zero attached hydrogens (tertiary/aromatic N) is 1. The van der Waals surface area contributed by atoms with E-state index in [0.717, 1.165) is 12.5 Å². The summed E-state index contributed by atoms with van der Waals surface area (Å²) in [5.74, 6) is 2.21. The standard InChI is InChI=1S/C30H58N2/c1-4-7-9-11-12-13-14-15-16-17-18-19-20-21-22-24-26-29(25-23-10-8-5-2)30-31-27-28-32(30)6-3/h27-29H,4-26H2,1-3H3/p+1/t29-/m0/s1. The normalized spacial score (nSPS) is 12.5. The predicted molar refractivity (Wildman–Crippen MR) is 142 cm³/mol. The fourth-order valence-corrected chi connectivity index (χ4v) is 5.18. The molecular formula is C30H59N2+. The van der Waals surface area contributed by atoms with E-state index in [2.05, 4.69) is 42.7 Å². The van der Waals surface area contributed by atoms with Crippen LogP contribution in [0.5, 0.6) is 0 Å². The lowest BCUT2D eigenvalue weighted by molar-refractivity contribution is -0.701. The minimum Gasteiger partial charge on any atom is -0.247 e. The van der Waals surface area contributed by atoms with Gasteiger partial charge >= 0.3 is 0 Å². The van der Waals surface area contributed by atoms with E-state index in [9.17, 15) is 0 Å². The van der Waals surface area contributed by atoms with Crippen LogP contribution in [0.1, 0.15) is 174 Å². The lowest BCUT2D eigenvalue weighted by Crippen LogP contribution is -2.36. The van der Waals surface area contributed by atoms with Gasteiger partial charge in [0.15, 0.2) is 0 Å². The van der Waals surface area contributed by atoms with E-state index in [0.29, 0.717) is 0 Å². The number of unbranched alkanes of at least 4 members (excludes halogenated alkanes) is 18. The smallest absolute Gasteiger partial charge is 0.247 e. The molecule has 0 aliphatic rings. The average Bonchev–Trinajstić information content (AvgIpc) is 3.29. The fraction of sp³-hybridized carbons (Fsp3) is 0.900. The number of aromatic nitrogens is 2. The topological polar surface area (TPSA) is 19.7 Å². The van der Waals surface area contributed by atoms with Crippen LogP contribution in [0.4, 0.5) is 0 Å². The first-order valence-corrected chi connectivity index (χ1v) is 14.9. The van der Waals surface area contributed by atoms with Crippen molar-refractivity contribution in [3.63, 3.8) is 0 Å². The maximum atomic E-state index is 3.57. The van der Waals surface area contributed by atoms with Crippen LogP contribution in [0, 0.1) is 0 Å². The van der Waals surface area contributed by atoms with Gasteiger partial charge in [-0.25, -0.2) is 9.55 Å². The van der Waals surface area contributed by atoms with Gasteiger partial charge in [0, 0.05) is 0 Å². The van der Waals surface area contributed by atoms with Crippen molar-refractivity contribution < 1.29 is 4.57 Å². The highest BCUT2D eigenvalue weighted by Gasteiger charge is 2.21. The number of aromatic amines is 1. The van der Waals surface area contributed by atoms with Crippen LogP contribution < -0.4 is 4.57 Å². The first kappa shape index (κ1) is 29.2. The highest BCUT2D eigenvalue weighted by Crippen LogP contribution is 2.26. The van der Waals surface area contributed by atoms with Gasteiger partial charge in [0.05, 0.1) is 12.5 Å². The van der Waals surface area contributed by atoms with E-state index in [1.54, 1.807) is 0 Å². The van der Waals surface area contributed by atoms with Crippen LogP contribution in [0.2, 0.25) is 0 Å². The number of imidazole rings is 1. The molecule has 1 aromatic rings. The van der Waals surface area contributed by atoms with Crippen LogP contribution in [0.3, 0.4) is 0 Å². The summed E-state index contributed by atoms with van der Waals surface area (Å²) in [6.45, 7) is 7.96. The summed E-state index contributed by atoms with van der Waals surface area (Å²) >= 11 is 0. The molecule has 32 heavy (non-hydrogen) atoms. The van der Waals surface area contributed by atoms with Crippen LogP contribution in [-0.4, -0.2) is 4.98 Å². The summed E-state index contributed by atoms with van der Waals surface area (Å²) in [5, 5.41) is 0. The van der Waals surface area contributed by atoms with E-state index in [1.807, 2.05) is 0 Å². The van der Waals surface area contributed by atoms with E-state index in [1.165, 1.54) is 147 Å². The first-order chi connectivity index (χ1) is 15.8. The lowest BCUT2D eigenvalue weighted by Gasteiger charge is -2.13. The van der Waals surface area contributed by atoms with E-state index in [-0.39, 0.29) is 0 Å². The van der Waals surface area contributed by atoms with Gasteiger partial charge in [-0.05, 0) is 19.8 Å². The summed E-state index contributed by atoms with van der Waals surface area (Å²) in [5.41, 5.74) is 0. The molecule has 0 fully saturated rings. The molecule has 188 valence electrons. The Kier molecular flexibility index (Phi) is 20.1. The molecule has 1 aromatic heterocycles. The third kappa shape index (κ3) is 15.1. The fourth-order valence-electron chi connectivity index (χ4n) is 5.18. The van der Waals surface area contributed by atoms with E-state index >= 15 is 0 Å². The SMILES string of the molecule is CCCCCCCCCCCCCCCCCC[C@H](CCCCCC)c1[nH]cc[n+]1CC. The molecule has 0 radical (unpaired) electrons. The second-order valence-electron chi connectivity index (χ2n) is 10.3. The Morgan fingerprint density at radius 3 is 1.34 bits per heavy atom. The monoisotopic (exact) mass is 447 g/mol. The quantitative estimate of drug-likeness (QED) is 0.120. The van der Waals surface area contributed by atoms with Crippen LogP contribution >= 0.6 is 0 Å². The number of hydrogen-bond donors (Lipinski definition) is 1. The van der Waals surface area contributed by atoms with Crippen molar-refractivity contribution in [2.24, 2.45) is 0 Å². The summed E-state index contributed by atoms with van der Waals surface area (Å²) in [4.78, 5) is 3.57. The van der Waals surface area contributed by atoms with Crippen molar-refractivity contribution in [2.45, 2.75) is 174 Å². The van der Waals surface area contributed by atoms with Crippen molar-refractivity contribution >= 4 is 0 Å². The van der Waals surface area contributed by atoms with Crippen LogP contribution in [-0.2, 0) is 6.54 Å². The van der Waals surface area contributed by atoms with Gasteiger partial charge < -0.3 is 0 Å². The molecule has 2 heteroatoms. The second kappa shape index (κ2) is 22.0. The van der Waals surface area contributed by atoms with E-state index < -0.39 is 0 Å². The molecule has 0 spiro atoms. The molecule has 0 unspecified atom stereocenters. The van der Waals surface area contributed by atoms with Crippen molar-refractivity contribution in [3.05, 3.63) is 18.2 Å². The zero-order valence-corrected chi connectivity index (χ0v) is 22.4. The summed E-state index contributed by atoms with van der Waals surface area (Å²) in [6.07, 6.45) is 35.8. The minimum absolute atomic E-state index is 0.730. The third-order valence-electron chi connectivity index (χ3n) is 7.33. The molecule has 0 saturated heterocycles. The molecule has 1 N–H and O–H groups in total. The second-order valence-corrected chi connectivity index (χ2v) is 10.3. The molecule has 1 atom stereocenters. The number of nitrogens with one attached hydrogen (secondary N) is 1. The zero-order valence-electron chi connectivity index (χ0n) is 22.4. The number of H-pyrrole nitrogens is 1. The average molecular weight is 448 g/mol. The van der Waals surface area contributed by atoms with E-state index in [4.69, 9.17) is 0 Å². The Hall–Kier alpha value is -0.790. The lowest BCUT2D eigenvalue weighted by atomic mass is 9.93. The Bertz CT molecular complexity index is 493. The maximum Gasteiger partial charge on any atom is 0.257 e. The number of hydrogen-bond acceptors (Lipinski definition) is 0.